The summed E-state index contributed by atoms with van der Waals surface area (Å²) < 4.78 is 2.04. The second-order valence-corrected chi connectivity index (χ2v) is 5.88. The van der Waals surface area contributed by atoms with Gasteiger partial charge in [-0.1, -0.05) is 28.1 Å². The molecule has 0 amide bonds. The molecule has 3 N–H and O–H groups in total. The van der Waals surface area contributed by atoms with Gasteiger partial charge in [0.1, 0.15) is 10.7 Å². The standard InChI is InChI=1S/C11H8BrIN4S/c12-6-1-2-7(13)8(5-6)17-11-9(10(14)18)15-3-4-16-11/h1-5H,(H2,14,18)(H,16,17). The highest BCUT2D eigenvalue weighted by atomic mass is 127. The number of thiocarbonyl (C=S) groups is 1. The van der Waals surface area contributed by atoms with E-state index in [-0.39, 0.29) is 4.99 Å². The molecule has 1 aromatic heterocycles. The van der Waals surface area contributed by atoms with Gasteiger partial charge in [0, 0.05) is 20.4 Å². The molecule has 0 fully saturated rings. The lowest BCUT2D eigenvalue weighted by molar-refractivity contribution is 1.18. The first kappa shape index (κ1) is 13.6. The van der Waals surface area contributed by atoms with Crippen LogP contribution in [-0.2, 0) is 0 Å². The Labute approximate surface area is 132 Å². The van der Waals surface area contributed by atoms with Gasteiger partial charge in [0.15, 0.2) is 5.82 Å². The molecule has 1 aromatic carbocycles. The molecule has 0 bridgehead atoms. The van der Waals surface area contributed by atoms with Crippen molar-refractivity contribution in [2.24, 2.45) is 5.73 Å². The van der Waals surface area contributed by atoms with Gasteiger partial charge in [-0.2, -0.15) is 0 Å². The van der Waals surface area contributed by atoms with Crippen LogP contribution < -0.4 is 11.1 Å². The Morgan fingerprint density at radius 2 is 2.06 bits per heavy atom. The van der Waals surface area contributed by atoms with E-state index in [4.69, 9.17) is 18.0 Å². The van der Waals surface area contributed by atoms with Crippen LogP contribution >= 0.6 is 50.7 Å². The number of halogens is 2. The van der Waals surface area contributed by atoms with Crippen LogP contribution in [0.4, 0.5) is 11.5 Å². The van der Waals surface area contributed by atoms with Gasteiger partial charge < -0.3 is 11.1 Å². The largest absolute Gasteiger partial charge is 0.388 e. The average molecular weight is 435 g/mol. The van der Waals surface area contributed by atoms with E-state index < -0.39 is 0 Å². The molecule has 0 radical (unpaired) electrons. The number of hydrogen-bond donors (Lipinski definition) is 2. The Morgan fingerprint density at radius 3 is 2.78 bits per heavy atom. The summed E-state index contributed by atoms with van der Waals surface area (Å²) in [5.41, 5.74) is 7.02. The van der Waals surface area contributed by atoms with E-state index in [1.165, 1.54) is 0 Å². The van der Waals surface area contributed by atoms with Gasteiger partial charge in [0.25, 0.3) is 0 Å². The molecule has 0 saturated heterocycles. The first-order valence-corrected chi connectivity index (χ1v) is 7.19. The third-order valence-electron chi connectivity index (χ3n) is 2.11. The molecule has 7 heteroatoms. The van der Waals surface area contributed by atoms with Crippen LogP contribution in [0.1, 0.15) is 5.69 Å². The molecule has 0 aliphatic rings. The molecule has 2 aromatic rings. The molecule has 92 valence electrons. The quantitative estimate of drug-likeness (QED) is 0.573. The maximum Gasteiger partial charge on any atom is 0.159 e. The molecule has 0 spiro atoms. The SMILES string of the molecule is NC(=S)c1nccnc1Nc1cc(Br)ccc1I. The van der Waals surface area contributed by atoms with Crippen LogP contribution in [0.5, 0.6) is 0 Å². The summed E-state index contributed by atoms with van der Waals surface area (Å²) in [6.07, 6.45) is 3.15. The van der Waals surface area contributed by atoms with Crippen molar-refractivity contribution in [1.29, 1.82) is 0 Å². The van der Waals surface area contributed by atoms with E-state index in [0.717, 1.165) is 13.7 Å². The second kappa shape index (κ2) is 5.89. The summed E-state index contributed by atoms with van der Waals surface area (Å²) in [7, 11) is 0. The second-order valence-electron chi connectivity index (χ2n) is 3.37. The summed E-state index contributed by atoms with van der Waals surface area (Å²) in [6, 6.07) is 5.92. The molecular weight excluding hydrogens is 427 g/mol. The lowest BCUT2D eigenvalue weighted by atomic mass is 10.3. The van der Waals surface area contributed by atoms with Crippen molar-refractivity contribution in [2.45, 2.75) is 0 Å². The van der Waals surface area contributed by atoms with Crippen LogP contribution in [0.25, 0.3) is 0 Å². The van der Waals surface area contributed by atoms with Gasteiger partial charge in [0.05, 0.1) is 5.69 Å². The van der Waals surface area contributed by atoms with Crippen molar-refractivity contribution in [3.63, 3.8) is 0 Å². The van der Waals surface area contributed by atoms with Crippen LogP contribution in [0.15, 0.2) is 35.1 Å². The van der Waals surface area contributed by atoms with Gasteiger partial charge in [0.2, 0.25) is 0 Å². The maximum absolute atomic E-state index is 5.61. The number of aromatic nitrogens is 2. The molecule has 2 rings (SSSR count). The summed E-state index contributed by atoms with van der Waals surface area (Å²) >= 11 is 10.6. The molecule has 0 atom stereocenters. The highest BCUT2D eigenvalue weighted by molar-refractivity contribution is 14.1. The molecular formula is C11H8BrIN4S. The minimum atomic E-state index is 0.218. The topological polar surface area (TPSA) is 63.8 Å². The fourth-order valence-electron chi connectivity index (χ4n) is 1.33. The normalized spacial score (nSPS) is 10.1. The fraction of sp³-hybridized carbons (Fsp3) is 0. The van der Waals surface area contributed by atoms with Gasteiger partial charge in [-0.25, -0.2) is 9.97 Å². The number of anilines is 2. The smallest absolute Gasteiger partial charge is 0.159 e. The monoisotopic (exact) mass is 434 g/mol. The fourth-order valence-corrected chi connectivity index (χ4v) is 2.31. The number of nitrogens with two attached hydrogens (primary N) is 1. The van der Waals surface area contributed by atoms with Crippen LogP contribution in [0.2, 0.25) is 0 Å². The molecule has 1 heterocycles. The zero-order valence-electron chi connectivity index (χ0n) is 9.02. The van der Waals surface area contributed by atoms with Crippen LogP contribution in [0, 0.1) is 3.57 Å². The zero-order valence-corrected chi connectivity index (χ0v) is 13.6. The Kier molecular flexibility index (Phi) is 4.46. The van der Waals surface area contributed by atoms with Gasteiger partial charge in [-0.05, 0) is 40.8 Å². The van der Waals surface area contributed by atoms with Crippen molar-refractivity contribution in [3.8, 4) is 0 Å². The molecule has 4 nitrogen and oxygen atoms in total. The Balaban J connectivity index is 2.40. The van der Waals surface area contributed by atoms with E-state index in [9.17, 15) is 0 Å². The number of benzene rings is 1. The molecule has 0 aliphatic heterocycles. The Hall–Kier alpha value is -0.800. The van der Waals surface area contributed by atoms with E-state index in [0.29, 0.717) is 11.5 Å². The van der Waals surface area contributed by atoms with Crippen molar-refractivity contribution in [2.75, 3.05) is 5.32 Å². The Bertz CT molecular complexity index is 605. The van der Waals surface area contributed by atoms with Crippen molar-refractivity contribution in [3.05, 3.63) is 44.3 Å². The zero-order chi connectivity index (χ0) is 13.1. The first-order chi connectivity index (χ1) is 8.58. The van der Waals surface area contributed by atoms with Gasteiger partial charge in [-0.15, -0.1) is 0 Å². The highest BCUT2D eigenvalue weighted by Gasteiger charge is 2.09. The lowest BCUT2D eigenvalue weighted by Gasteiger charge is -2.10. The number of hydrogen-bond acceptors (Lipinski definition) is 4. The average Bonchev–Trinajstić information content (AvgIpc) is 2.34. The first-order valence-electron chi connectivity index (χ1n) is 4.91. The minimum absolute atomic E-state index is 0.218. The van der Waals surface area contributed by atoms with Crippen molar-refractivity contribution in [1.82, 2.24) is 9.97 Å². The molecule has 18 heavy (non-hydrogen) atoms. The maximum atomic E-state index is 5.61. The number of nitrogens with zero attached hydrogens (tertiary/aromatic N) is 2. The highest BCUT2D eigenvalue weighted by Crippen LogP contribution is 2.26. The third-order valence-corrected chi connectivity index (χ3v) is 3.74. The van der Waals surface area contributed by atoms with E-state index in [1.807, 2.05) is 18.2 Å². The molecule has 0 aliphatic carbocycles. The minimum Gasteiger partial charge on any atom is -0.388 e. The summed E-state index contributed by atoms with van der Waals surface area (Å²) in [6.45, 7) is 0. The van der Waals surface area contributed by atoms with E-state index in [1.54, 1.807) is 12.4 Å². The van der Waals surface area contributed by atoms with Gasteiger partial charge >= 0.3 is 0 Å². The molecule has 0 saturated carbocycles. The third kappa shape index (κ3) is 3.15. The van der Waals surface area contributed by atoms with Crippen molar-refractivity contribution < 1.29 is 0 Å². The predicted octanol–water partition coefficient (Wildman–Crippen LogP) is 3.22. The molecule has 0 unspecified atom stereocenters. The van der Waals surface area contributed by atoms with Crippen LogP contribution in [-0.4, -0.2) is 15.0 Å². The van der Waals surface area contributed by atoms with Crippen LogP contribution in [0.3, 0.4) is 0 Å². The summed E-state index contributed by atoms with van der Waals surface area (Å²) in [5.74, 6) is 0.556. The number of nitrogens with one attached hydrogen (secondary N) is 1. The van der Waals surface area contributed by atoms with E-state index in [2.05, 4.69) is 53.8 Å². The lowest BCUT2D eigenvalue weighted by Crippen LogP contribution is -2.15. The predicted molar refractivity (Wildman–Crippen MR) is 88.1 cm³/mol. The summed E-state index contributed by atoms with van der Waals surface area (Å²) in [5, 5.41) is 3.18. The van der Waals surface area contributed by atoms with Crippen molar-refractivity contribution >= 4 is 67.2 Å². The van der Waals surface area contributed by atoms with E-state index >= 15 is 0 Å². The summed E-state index contributed by atoms with van der Waals surface area (Å²) in [4.78, 5) is 8.55. The number of rotatable bonds is 3. The Morgan fingerprint density at radius 1 is 1.33 bits per heavy atom. The van der Waals surface area contributed by atoms with Gasteiger partial charge in [-0.3, -0.25) is 0 Å².